The van der Waals surface area contributed by atoms with Gasteiger partial charge in [-0.3, -0.25) is 9.78 Å². The fraction of sp³-hybridized carbons (Fsp3) is 0.250. The lowest BCUT2D eigenvalue weighted by molar-refractivity contribution is 0.102. The Kier molecular flexibility index (Phi) is 5.26. The lowest BCUT2D eigenvalue weighted by atomic mass is 10.0. The first-order chi connectivity index (χ1) is 14.0. The van der Waals surface area contributed by atoms with E-state index in [1.165, 1.54) is 4.80 Å². The van der Waals surface area contributed by atoms with Crippen LogP contribution in [-0.2, 0) is 7.05 Å². The summed E-state index contributed by atoms with van der Waals surface area (Å²) in [6.45, 7) is 3.23. The molecular weight excluding hydrogens is 390 g/mol. The summed E-state index contributed by atoms with van der Waals surface area (Å²) in [6.07, 6.45) is 3.96. The molecule has 8 nitrogen and oxygen atoms in total. The number of aryl methyl sites for hydroxylation is 2. The van der Waals surface area contributed by atoms with Crippen molar-refractivity contribution in [1.82, 2.24) is 25.2 Å². The third-order valence-corrected chi connectivity index (χ3v) is 5.25. The molecule has 0 radical (unpaired) electrons. The highest BCUT2D eigenvalue weighted by atomic mass is 35.5. The molecule has 1 amide bonds. The molecule has 1 N–H and O–H groups in total. The molecule has 4 rings (SSSR count). The average Bonchev–Trinajstić information content (AvgIpc) is 3.16. The van der Waals surface area contributed by atoms with Crippen molar-refractivity contribution in [2.24, 2.45) is 7.05 Å². The predicted octanol–water partition coefficient (Wildman–Crippen LogP) is 3.03. The first-order valence-electron chi connectivity index (χ1n) is 9.20. The van der Waals surface area contributed by atoms with Gasteiger partial charge in [-0.2, -0.15) is 4.80 Å². The van der Waals surface area contributed by atoms with E-state index in [1.807, 2.05) is 37.3 Å². The highest BCUT2D eigenvalue weighted by Gasteiger charge is 2.22. The van der Waals surface area contributed by atoms with E-state index in [9.17, 15) is 4.79 Å². The maximum absolute atomic E-state index is 12.5. The number of carbonyl (C=O) groups is 1. The van der Waals surface area contributed by atoms with E-state index in [0.717, 1.165) is 28.3 Å². The number of rotatable bonds is 4. The number of hydrogen-bond acceptors (Lipinski definition) is 6. The lowest BCUT2D eigenvalue weighted by Gasteiger charge is -2.28. The fourth-order valence-corrected chi connectivity index (χ4v) is 3.47. The van der Waals surface area contributed by atoms with E-state index in [1.54, 1.807) is 19.4 Å². The maximum atomic E-state index is 12.5. The van der Waals surface area contributed by atoms with E-state index >= 15 is 0 Å². The van der Waals surface area contributed by atoms with Gasteiger partial charge in [0, 0.05) is 42.6 Å². The summed E-state index contributed by atoms with van der Waals surface area (Å²) in [5.41, 5.74) is 4.17. The number of carbonyl (C=O) groups excluding carboxylic acids is 1. The fourth-order valence-electron chi connectivity index (χ4n) is 3.21. The van der Waals surface area contributed by atoms with E-state index in [2.05, 4.69) is 30.6 Å². The van der Waals surface area contributed by atoms with Gasteiger partial charge in [-0.15, -0.1) is 5.10 Å². The van der Waals surface area contributed by atoms with Gasteiger partial charge < -0.3 is 10.2 Å². The van der Waals surface area contributed by atoms with Crippen LogP contribution < -0.4 is 10.2 Å². The minimum atomic E-state index is -0.182. The lowest BCUT2D eigenvalue weighted by Crippen LogP contribution is -2.31. The van der Waals surface area contributed by atoms with Crippen molar-refractivity contribution >= 4 is 34.7 Å². The molecule has 0 saturated carbocycles. The Bertz CT molecular complexity index is 1070. The Labute approximate surface area is 173 Å². The molecule has 2 aromatic heterocycles. The molecule has 0 atom stereocenters. The molecule has 3 heterocycles. The van der Waals surface area contributed by atoms with Gasteiger partial charge in [0.25, 0.3) is 11.9 Å². The Morgan fingerprint density at radius 1 is 1.21 bits per heavy atom. The molecule has 0 bridgehead atoms. The van der Waals surface area contributed by atoms with Gasteiger partial charge in [-0.05, 0) is 47.0 Å². The Morgan fingerprint density at radius 2 is 2.00 bits per heavy atom. The molecular formula is C20H20ClN7O. The molecule has 0 unspecified atom stereocenters. The summed E-state index contributed by atoms with van der Waals surface area (Å²) < 4.78 is 0. The first-order valence-corrected chi connectivity index (χ1v) is 9.58. The number of pyridine rings is 1. The zero-order valence-electron chi connectivity index (χ0n) is 16.1. The average molecular weight is 410 g/mol. The van der Waals surface area contributed by atoms with Crippen molar-refractivity contribution in [2.75, 3.05) is 23.3 Å². The van der Waals surface area contributed by atoms with E-state index in [-0.39, 0.29) is 5.91 Å². The molecule has 0 spiro atoms. The summed E-state index contributed by atoms with van der Waals surface area (Å²) in [4.78, 5) is 20.0. The molecule has 0 fully saturated rings. The van der Waals surface area contributed by atoms with E-state index < -0.39 is 0 Å². The van der Waals surface area contributed by atoms with E-state index in [0.29, 0.717) is 30.2 Å². The quantitative estimate of drug-likeness (QED) is 0.712. The van der Waals surface area contributed by atoms with Crippen LogP contribution >= 0.6 is 11.6 Å². The van der Waals surface area contributed by atoms with Crippen LogP contribution in [0.4, 0.5) is 11.6 Å². The SMILES string of the molecule is Cc1ccncc1C(=O)Nc1ccc(C2=C(Cl)CCN(c3nnn(C)n3)C2)cc1. The summed E-state index contributed by atoms with van der Waals surface area (Å²) in [7, 11) is 1.74. The maximum Gasteiger partial charge on any atom is 0.266 e. The van der Waals surface area contributed by atoms with Crippen LogP contribution in [0.5, 0.6) is 0 Å². The van der Waals surface area contributed by atoms with E-state index in [4.69, 9.17) is 11.6 Å². The van der Waals surface area contributed by atoms with Gasteiger partial charge in [-0.1, -0.05) is 28.8 Å². The topological polar surface area (TPSA) is 88.8 Å². The van der Waals surface area contributed by atoms with Crippen molar-refractivity contribution < 1.29 is 4.79 Å². The van der Waals surface area contributed by atoms with Crippen LogP contribution in [0.15, 0.2) is 47.8 Å². The van der Waals surface area contributed by atoms with Crippen LogP contribution in [0.2, 0.25) is 0 Å². The second-order valence-electron chi connectivity index (χ2n) is 6.86. The van der Waals surface area contributed by atoms with Gasteiger partial charge in [0.1, 0.15) is 0 Å². The molecule has 1 aliphatic heterocycles. The van der Waals surface area contributed by atoms with Gasteiger partial charge in [0.15, 0.2) is 0 Å². The molecule has 0 saturated heterocycles. The minimum absolute atomic E-state index is 0.182. The number of halogens is 1. The number of nitrogens with zero attached hydrogens (tertiary/aromatic N) is 6. The number of hydrogen-bond donors (Lipinski definition) is 1. The third kappa shape index (κ3) is 4.12. The van der Waals surface area contributed by atoms with Gasteiger partial charge in [-0.25, -0.2) is 0 Å². The first kappa shape index (κ1) is 19.1. The van der Waals surface area contributed by atoms with Crippen LogP contribution in [0.25, 0.3) is 5.57 Å². The second-order valence-corrected chi connectivity index (χ2v) is 7.31. The van der Waals surface area contributed by atoms with Crippen molar-refractivity contribution in [3.63, 3.8) is 0 Å². The van der Waals surface area contributed by atoms with Crippen LogP contribution in [-0.4, -0.2) is 44.2 Å². The molecule has 9 heteroatoms. The van der Waals surface area contributed by atoms with Gasteiger partial charge in [0.2, 0.25) is 0 Å². The van der Waals surface area contributed by atoms with Crippen LogP contribution in [0.1, 0.15) is 27.9 Å². The summed E-state index contributed by atoms with van der Waals surface area (Å²) in [6, 6.07) is 9.46. The smallest absolute Gasteiger partial charge is 0.266 e. The molecule has 1 aromatic carbocycles. The molecule has 3 aromatic rings. The largest absolute Gasteiger partial charge is 0.333 e. The number of amides is 1. The van der Waals surface area contributed by atoms with Gasteiger partial charge in [0.05, 0.1) is 12.6 Å². The predicted molar refractivity (Wildman–Crippen MR) is 112 cm³/mol. The van der Waals surface area contributed by atoms with Crippen molar-refractivity contribution in [3.8, 4) is 0 Å². The molecule has 0 aliphatic carbocycles. The number of tetrazole rings is 1. The highest BCUT2D eigenvalue weighted by Crippen LogP contribution is 2.31. The minimum Gasteiger partial charge on any atom is -0.333 e. The van der Waals surface area contributed by atoms with Crippen molar-refractivity contribution in [1.29, 1.82) is 0 Å². The monoisotopic (exact) mass is 409 g/mol. The zero-order valence-corrected chi connectivity index (χ0v) is 16.9. The number of aromatic nitrogens is 5. The normalized spacial score (nSPS) is 14.2. The molecule has 29 heavy (non-hydrogen) atoms. The Hall–Kier alpha value is -3.26. The molecule has 148 valence electrons. The zero-order chi connectivity index (χ0) is 20.4. The number of nitrogens with one attached hydrogen (secondary N) is 1. The second kappa shape index (κ2) is 8.00. The Morgan fingerprint density at radius 3 is 2.69 bits per heavy atom. The summed E-state index contributed by atoms with van der Waals surface area (Å²) >= 11 is 6.51. The van der Waals surface area contributed by atoms with Crippen LogP contribution in [0.3, 0.4) is 0 Å². The molecule has 1 aliphatic rings. The van der Waals surface area contributed by atoms with Crippen LogP contribution in [0, 0.1) is 6.92 Å². The highest BCUT2D eigenvalue weighted by molar-refractivity contribution is 6.33. The van der Waals surface area contributed by atoms with Crippen molar-refractivity contribution in [2.45, 2.75) is 13.3 Å². The Balaban J connectivity index is 1.49. The third-order valence-electron chi connectivity index (χ3n) is 4.83. The standard InChI is InChI=1S/C20H20ClN7O/c1-13-7-9-22-11-16(13)19(29)23-15-5-3-14(4-6-15)17-12-28(10-8-18(17)21)20-24-26-27(2)25-20/h3-7,9,11H,8,10,12H2,1-2H3,(H,23,29). The number of benzene rings is 1. The van der Waals surface area contributed by atoms with Gasteiger partial charge >= 0.3 is 0 Å². The summed E-state index contributed by atoms with van der Waals surface area (Å²) in [5, 5.41) is 16.0. The summed E-state index contributed by atoms with van der Waals surface area (Å²) in [5.74, 6) is 0.406. The van der Waals surface area contributed by atoms with Crippen molar-refractivity contribution in [3.05, 3.63) is 64.4 Å². The number of anilines is 2.